The molecule has 13 heteroatoms. The van der Waals surface area contributed by atoms with Gasteiger partial charge in [0.05, 0.1) is 43.6 Å². The van der Waals surface area contributed by atoms with Crippen molar-refractivity contribution in [2.45, 2.75) is 13.8 Å². The Bertz CT molecular complexity index is 625. The summed E-state index contributed by atoms with van der Waals surface area (Å²) in [6.07, 6.45) is 2.71. The van der Waals surface area contributed by atoms with E-state index in [1.807, 2.05) is 0 Å². The molecule has 0 saturated heterocycles. The summed E-state index contributed by atoms with van der Waals surface area (Å²) >= 11 is 0. The molecule has 152 valence electrons. The maximum Gasteiger partial charge on any atom is 2.00 e. The van der Waals surface area contributed by atoms with E-state index in [1.165, 1.54) is 26.0 Å². The molecule has 0 aliphatic heterocycles. The molecule has 0 N–H and O–H groups in total. The summed E-state index contributed by atoms with van der Waals surface area (Å²) < 4.78 is 70.5. The minimum atomic E-state index is -4.37. The van der Waals surface area contributed by atoms with Crippen molar-refractivity contribution in [3.05, 3.63) is 25.3 Å². The second kappa shape index (κ2) is 15.4. The van der Waals surface area contributed by atoms with Crippen molar-refractivity contribution in [2.24, 2.45) is 11.8 Å². The van der Waals surface area contributed by atoms with Gasteiger partial charge in [-0.25, -0.2) is 16.8 Å². The van der Waals surface area contributed by atoms with Gasteiger partial charge in [-0.1, -0.05) is 39.2 Å². The van der Waals surface area contributed by atoms with E-state index in [-0.39, 0.29) is 51.0 Å². The predicted octanol–water partition coefficient (Wildman–Crippen LogP) is -0.587. The molecular formula is C14H22CaO10S2. The normalized spacial score (nSPS) is 12.9. The van der Waals surface area contributed by atoms with Crippen LogP contribution in [0.25, 0.3) is 0 Å². The van der Waals surface area contributed by atoms with Gasteiger partial charge in [-0.05, 0) is 0 Å². The molecule has 0 amide bonds. The molecule has 0 saturated carbocycles. The first-order chi connectivity index (χ1) is 11.7. The molecular weight excluding hydrogens is 432 g/mol. The number of carbonyl (C=O) groups excluding carboxylic acids is 2. The molecule has 0 rings (SSSR count). The molecule has 0 aromatic heterocycles. The molecule has 0 bridgehead atoms. The quantitative estimate of drug-likeness (QED) is 0.180. The van der Waals surface area contributed by atoms with Crippen molar-refractivity contribution in [2.75, 3.05) is 24.7 Å². The van der Waals surface area contributed by atoms with Gasteiger partial charge in [0.15, 0.2) is 0 Å². The van der Waals surface area contributed by atoms with Crippen LogP contribution in [0.3, 0.4) is 0 Å². The van der Waals surface area contributed by atoms with Crippen molar-refractivity contribution in [3.63, 3.8) is 0 Å². The number of carbonyl (C=O) groups is 2. The summed E-state index contributed by atoms with van der Waals surface area (Å²) in [6.45, 7) is 9.29. The van der Waals surface area contributed by atoms with Crippen LogP contribution < -0.4 is 0 Å². The number of hydrogen-bond acceptors (Lipinski definition) is 10. The third kappa shape index (κ3) is 21.7. The zero-order chi connectivity index (χ0) is 21.0. The summed E-state index contributed by atoms with van der Waals surface area (Å²) in [5.41, 5.74) is 0. The van der Waals surface area contributed by atoms with Crippen molar-refractivity contribution >= 4 is 69.9 Å². The molecule has 0 fully saturated rings. The van der Waals surface area contributed by atoms with Gasteiger partial charge in [-0.2, -0.15) is 0 Å². The molecule has 0 heterocycles. The van der Waals surface area contributed by atoms with Gasteiger partial charge in [0.2, 0.25) is 0 Å². The zero-order valence-corrected chi connectivity index (χ0v) is 19.0. The smallest absolute Gasteiger partial charge is 0.748 e. The summed E-state index contributed by atoms with van der Waals surface area (Å²) in [4.78, 5) is 21.8. The van der Waals surface area contributed by atoms with Crippen LogP contribution in [0.15, 0.2) is 25.3 Å². The first-order valence-corrected chi connectivity index (χ1v) is 10.3. The van der Waals surface area contributed by atoms with Gasteiger partial charge in [0, 0.05) is 0 Å². The molecule has 10 nitrogen and oxygen atoms in total. The fourth-order valence-corrected chi connectivity index (χ4v) is 2.81. The molecule has 0 aromatic carbocycles. The monoisotopic (exact) mass is 454 g/mol. The first kappa shape index (κ1) is 31.2. The number of hydrogen-bond donors (Lipinski definition) is 0. The Morgan fingerprint density at radius 1 is 0.852 bits per heavy atom. The number of ether oxygens (including phenoxy) is 2. The van der Waals surface area contributed by atoms with E-state index >= 15 is 0 Å². The molecule has 0 radical (unpaired) electrons. The number of esters is 2. The molecule has 2 atom stereocenters. The number of rotatable bonds is 10. The van der Waals surface area contributed by atoms with Crippen molar-refractivity contribution in [1.82, 2.24) is 0 Å². The summed E-state index contributed by atoms with van der Waals surface area (Å²) in [6, 6.07) is 0. The minimum Gasteiger partial charge on any atom is -0.748 e. The second-order valence-electron chi connectivity index (χ2n) is 5.09. The Morgan fingerprint density at radius 2 is 1.11 bits per heavy atom. The van der Waals surface area contributed by atoms with Crippen molar-refractivity contribution in [3.8, 4) is 0 Å². The fourth-order valence-electron chi connectivity index (χ4n) is 1.32. The summed E-state index contributed by atoms with van der Waals surface area (Å²) in [5.74, 6) is -4.74. The summed E-state index contributed by atoms with van der Waals surface area (Å²) in [7, 11) is -8.74. The molecule has 27 heavy (non-hydrogen) atoms. The largest absolute Gasteiger partial charge is 2.00 e. The van der Waals surface area contributed by atoms with Crippen LogP contribution in [0.1, 0.15) is 13.8 Å². The Kier molecular flexibility index (Phi) is 17.8. The second-order valence-corrected chi connectivity index (χ2v) is 7.99. The Labute approximate surface area is 189 Å². The van der Waals surface area contributed by atoms with Crippen molar-refractivity contribution in [1.29, 1.82) is 0 Å². The molecule has 0 aromatic rings. The van der Waals surface area contributed by atoms with E-state index in [0.717, 1.165) is 0 Å². The van der Waals surface area contributed by atoms with E-state index in [2.05, 4.69) is 22.6 Å². The van der Waals surface area contributed by atoms with Crippen LogP contribution in [0.2, 0.25) is 0 Å². The standard InChI is InChI=1S/2C7H12O5S.Ca/c2*1-3-4-12-7(8)6(2)5-13(9,10)11;/h2*3,6H,1,4-5H2,2H3,(H,9,10,11);/q;;+2/p-2. The Morgan fingerprint density at radius 3 is 1.30 bits per heavy atom. The average molecular weight is 455 g/mol. The van der Waals surface area contributed by atoms with E-state index in [4.69, 9.17) is 0 Å². The Balaban J connectivity index is -0.000000411. The topological polar surface area (TPSA) is 167 Å². The van der Waals surface area contributed by atoms with Crippen molar-refractivity contribution < 1.29 is 45.0 Å². The predicted molar refractivity (Wildman–Crippen MR) is 95.5 cm³/mol. The van der Waals surface area contributed by atoms with Gasteiger partial charge in [0.25, 0.3) is 0 Å². The molecule has 0 spiro atoms. The van der Waals surface area contributed by atoms with E-state index < -0.39 is 55.5 Å². The maximum atomic E-state index is 10.9. The Hall–Kier alpha value is -0.500. The fraction of sp³-hybridized carbons (Fsp3) is 0.571. The van der Waals surface area contributed by atoms with Crippen LogP contribution in [0, 0.1) is 11.8 Å². The third-order valence-electron chi connectivity index (χ3n) is 2.40. The molecule has 2 unspecified atom stereocenters. The van der Waals surface area contributed by atoms with Gasteiger partial charge in [0.1, 0.15) is 13.2 Å². The van der Waals surface area contributed by atoms with E-state index in [0.29, 0.717) is 0 Å². The summed E-state index contributed by atoms with van der Waals surface area (Å²) in [5, 5.41) is 0. The van der Waals surface area contributed by atoms with Crippen LogP contribution in [-0.2, 0) is 39.3 Å². The van der Waals surface area contributed by atoms with Gasteiger partial charge >= 0.3 is 49.7 Å². The van der Waals surface area contributed by atoms with Crippen LogP contribution in [0.4, 0.5) is 0 Å². The van der Waals surface area contributed by atoms with Gasteiger partial charge in [-0.3, -0.25) is 9.59 Å². The average Bonchev–Trinajstić information content (AvgIpc) is 2.47. The van der Waals surface area contributed by atoms with E-state index in [1.54, 1.807) is 0 Å². The van der Waals surface area contributed by atoms with Gasteiger partial charge < -0.3 is 18.6 Å². The van der Waals surface area contributed by atoms with E-state index in [9.17, 15) is 35.5 Å². The van der Waals surface area contributed by atoms with Crippen LogP contribution in [-0.4, -0.2) is 100 Å². The zero-order valence-electron chi connectivity index (χ0n) is 15.2. The molecule has 0 aliphatic rings. The molecule has 0 aliphatic carbocycles. The third-order valence-corrected chi connectivity index (χ3v) is 4.22. The minimum absolute atomic E-state index is 0. The SMILES string of the molecule is C=CCOC(=O)C(C)CS(=O)(=O)[O-].C=CCOC(=O)C(C)CS(=O)(=O)[O-].[Ca+2]. The van der Waals surface area contributed by atoms with Gasteiger partial charge in [-0.15, -0.1) is 0 Å². The van der Waals surface area contributed by atoms with Crippen LogP contribution >= 0.6 is 0 Å². The van der Waals surface area contributed by atoms with Crippen LogP contribution in [0.5, 0.6) is 0 Å². The first-order valence-electron chi connectivity index (χ1n) is 7.15. The maximum absolute atomic E-state index is 10.9.